The molecule has 0 spiro atoms. The molecule has 0 aliphatic carbocycles. The molecule has 5 heteroatoms. The molecule has 0 saturated carbocycles. The highest BCUT2D eigenvalue weighted by Gasteiger charge is 2.23. The molecule has 3 N–H and O–H groups in total. The summed E-state index contributed by atoms with van der Waals surface area (Å²) >= 11 is 0. The number of benzene rings is 1. The van der Waals surface area contributed by atoms with Crippen LogP contribution in [-0.4, -0.2) is 56.1 Å². The van der Waals surface area contributed by atoms with E-state index in [9.17, 15) is 0 Å². The van der Waals surface area contributed by atoms with Crippen molar-refractivity contribution in [3.05, 3.63) is 42.7 Å². The van der Waals surface area contributed by atoms with Gasteiger partial charge in [-0.05, 0) is 44.8 Å². The molecule has 2 heterocycles. The summed E-state index contributed by atoms with van der Waals surface area (Å²) in [5.41, 5.74) is 9.42. The van der Waals surface area contributed by atoms with Gasteiger partial charge in [0.25, 0.3) is 0 Å². The number of hydrogen-bond acceptors (Lipinski definition) is 5. The van der Waals surface area contributed by atoms with Gasteiger partial charge in [-0.1, -0.05) is 25.3 Å². The van der Waals surface area contributed by atoms with Crippen LogP contribution in [0.25, 0.3) is 22.7 Å². The Morgan fingerprint density at radius 2 is 2.28 bits per heavy atom. The number of furan rings is 1. The molecule has 25 heavy (non-hydrogen) atoms. The van der Waals surface area contributed by atoms with Crippen LogP contribution in [0, 0.1) is 0 Å². The van der Waals surface area contributed by atoms with E-state index < -0.39 is 0 Å². The number of likely N-dealkylation sites (N-methyl/N-ethyl adjacent to an activating group) is 1. The van der Waals surface area contributed by atoms with Crippen molar-refractivity contribution in [1.82, 2.24) is 15.1 Å². The Bertz CT molecular complexity index is 777. The molecule has 1 aliphatic heterocycles. The first-order chi connectivity index (χ1) is 12.0. The normalized spacial score (nSPS) is 18.1. The van der Waals surface area contributed by atoms with Crippen molar-refractivity contribution in [3.8, 4) is 0 Å². The van der Waals surface area contributed by atoms with E-state index in [1.807, 2.05) is 18.2 Å². The zero-order valence-electron chi connectivity index (χ0n) is 15.2. The summed E-state index contributed by atoms with van der Waals surface area (Å²) in [5, 5.41) is 4.26. The van der Waals surface area contributed by atoms with E-state index in [0.29, 0.717) is 17.5 Å². The lowest BCUT2D eigenvalue weighted by molar-refractivity contribution is 0.270. The molecule has 1 atom stereocenters. The summed E-state index contributed by atoms with van der Waals surface area (Å²) in [6.07, 6.45) is 3.03. The van der Waals surface area contributed by atoms with E-state index in [0.717, 1.165) is 48.4 Å². The highest BCUT2D eigenvalue weighted by Crippen LogP contribution is 2.32. The Balaban J connectivity index is 1.59. The smallest absolute Gasteiger partial charge is 0.173 e. The molecule has 2 aromatic rings. The van der Waals surface area contributed by atoms with E-state index in [-0.39, 0.29) is 0 Å². The second kappa shape index (κ2) is 7.33. The average Bonchev–Trinajstić information content (AvgIpc) is 3.20. The summed E-state index contributed by atoms with van der Waals surface area (Å²) in [6.45, 7) is 12.0. The molecule has 1 aromatic carbocycles. The third kappa shape index (κ3) is 3.72. The number of nitrogens with one attached hydrogen (secondary N) is 1. The predicted octanol–water partition coefficient (Wildman–Crippen LogP) is 2.85. The van der Waals surface area contributed by atoms with Crippen LogP contribution in [0.5, 0.6) is 0 Å². The van der Waals surface area contributed by atoms with Crippen LogP contribution in [0.2, 0.25) is 0 Å². The number of nitrogens with two attached hydrogens (primary N) is 1. The fraction of sp³-hybridized carbons (Fsp3) is 0.400. The predicted molar refractivity (Wildman–Crippen MR) is 106 cm³/mol. The third-order valence-corrected chi connectivity index (χ3v) is 5.00. The molecular formula is C20H28N4O. The lowest BCUT2D eigenvalue weighted by Gasteiger charge is -2.20. The molecule has 1 aliphatic rings. The monoisotopic (exact) mass is 340 g/mol. The van der Waals surface area contributed by atoms with Gasteiger partial charge in [-0.25, -0.2) is 0 Å². The Morgan fingerprint density at radius 1 is 1.48 bits per heavy atom. The molecule has 0 radical (unpaired) electrons. The minimum Gasteiger partial charge on any atom is -0.452 e. The summed E-state index contributed by atoms with van der Waals surface area (Å²) in [5.74, 6) is 0.629. The van der Waals surface area contributed by atoms with Crippen molar-refractivity contribution in [2.45, 2.75) is 12.5 Å². The zero-order chi connectivity index (χ0) is 18.0. The minimum absolute atomic E-state index is 0.629. The second-order valence-electron chi connectivity index (χ2n) is 6.92. The first-order valence-corrected chi connectivity index (χ1v) is 8.76. The van der Waals surface area contributed by atoms with Crippen LogP contribution in [0.1, 0.15) is 17.7 Å². The lowest BCUT2D eigenvalue weighted by Crippen LogP contribution is -2.34. The highest BCUT2D eigenvalue weighted by molar-refractivity contribution is 5.96. The Kier molecular flexibility index (Phi) is 5.16. The number of fused-ring (bicyclic) bond motifs is 1. The minimum atomic E-state index is 0.629. The van der Waals surface area contributed by atoms with Gasteiger partial charge in [-0.3, -0.25) is 4.90 Å². The van der Waals surface area contributed by atoms with Gasteiger partial charge in [0.2, 0.25) is 0 Å². The Labute approximate surface area is 149 Å². The van der Waals surface area contributed by atoms with Gasteiger partial charge in [0, 0.05) is 31.1 Å². The number of anilines is 1. The summed E-state index contributed by atoms with van der Waals surface area (Å²) in [6, 6.07) is 6.54. The molecule has 0 bridgehead atoms. The van der Waals surface area contributed by atoms with Gasteiger partial charge in [0.1, 0.15) is 5.58 Å². The molecule has 5 nitrogen and oxygen atoms in total. The maximum atomic E-state index is 6.26. The van der Waals surface area contributed by atoms with Gasteiger partial charge in [0.05, 0.1) is 11.4 Å². The summed E-state index contributed by atoms with van der Waals surface area (Å²) in [4.78, 5) is 4.78. The van der Waals surface area contributed by atoms with Crippen LogP contribution in [0.3, 0.4) is 0 Å². The largest absolute Gasteiger partial charge is 0.452 e. The third-order valence-electron chi connectivity index (χ3n) is 5.00. The SMILES string of the molecule is C=Cc1ccc2oc(C(=C)NCCN3CCC(N(C)C)C3)c(N)c2c1. The van der Waals surface area contributed by atoms with Crippen molar-refractivity contribution < 1.29 is 4.42 Å². The second-order valence-corrected chi connectivity index (χ2v) is 6.92. The maximum Gasteiger partial charge on any atom is 0.173 e. The van der Waals surface area contributed by atoms with Crippen molar-refractivity contribution in [3.63, 3.8) is 0 Å². The van der Waals surface area contributed by atoms with E-state index in [2.05, 4.69) is 42.4 Å². The van der Waals surface area contributed by atoms with Crippen molar-refractivity contribution >= 4 is 28.4 Å². The van der Waals surface area contributed by atoms with Crippen LogP contribution in [-0.2, 0) is 0 Å². The average molecular weight is 340 g/mol. The molecular weight excluding hydrogens is 312 g/mol. The zero-order valence-corrected chi connectivity index (χ0v) is 15.2. The molecule has 0 amide bonds. The van der Waals surface area contributed by atoms with Gasteiger partial charge in [-0.2, -0.15) is 0 Å². The standard InChI is InChI=1S/C20H28N4O/c1-5-15-6-7-18-17(12-15)19(21)20(25-18)14(2)22-9-11-24-10-8-16(13-24)23(3)4/h5-7,12,16,22H,1-2,8-11,13,21H2,3-4H3. The molecule has 134 valence electrons. The van der Waals surface area contributed by atoms with E-state index >= 15 is 0 Å². The van der Waals surface area contributed by atoms with E-state index in [1.165, 1.54) is 6.42 Å². The van der Waals surface area contributed by atoms with Crippen LogP contribution in [0.4, 0.5) is 5.69 Å². The van der Waals surface area contributed by atoms with Gasteiger partial charge in [-0.15, -0.1) is 0 Å². The van der Waals surface area contributed by atoms with E-state index in [1.54, 1.807) is 6.08 Å². The van der Waals surface area contributed by atoms with Crippen LogP contribution < -0.4 is 11.1 Å². The molecule has 3 rings (SSSR count). The van der Waals surface area contributed by atoms with E-state index in [4.69, 9.17) is 10.2 Å². The van der Waals surface area contributed by atoms with Crippen molar-refractivity contribution in [2.24, 2.45) is 0 Å². The summed E-state index contributed by atoms with van der Waals surface area (Å²) in [7, 11) is 4.30. The number of hydrogen-bond donors (Lipinski definition) is 2. The van der Waals surface area contributed by atoms with Gasteiger partial charge in [0.15, 0.2) is 5.76 Å². The molecule has 1 unspecified atom stereocenters. The van der Waals surface area contributed by atoms with Crippen molar-refractivity contribution in [1.29, 1.82) is 0 Å². The fourth-order valence-electron chi connectivity index (χ4n) is 3.37. The van der Waals surface area contributed by atoms with Gasteiger partial charge < -0.3 is 20.4 Å². The summed E-state index contributed by atoms with van der Waals surface area (Å²) < 4.78 is 5.89. The topological polar surface area (TPSA) is 57.7 Å². The molecule has 1 aromatic heterocycles. The first-order valence-electron chi connectivity index (χ1n) is 8.76. The Hall–Kier alpha value is -2.24. The first kappa shape index (κ1) is 17.6. The fourth-order valence-corrected chi connectivity index (χ4v) is 3.37. The highest BCUT2D eigenvalue weighted by atomic mass is 16.3. The molecule has 1 fully saturated rings. The molecule has 1 saturated heterocycles. The lowest BCUT2D eigenvalue weighted by atomic mass is 10.1. The van der Waals surface area contributed by atoms with Crippen LogP contribution >= 0.6 is 0 Å². The van der Waals surface area contributed by atoms with Crippen molar-refractivity contribution in [2.75, 3.05) is 46.0 Å². The number of rotatable bonds is 7. The van der Waals surface area contributed by atoms with Crippen LogP contribution in [0.15, 0.2) is 35.8 Å². The number of likely N-dealkylation sites (tertiary alicyclic amines) is 1. The van der Waals surface area contributed by atoms with Gasteiger partial charge >= 0.3 is 0 Å². The quantitative estimate of drug-likeness (QED) is 0.812. The number of nitrogen functional groups attached to an aromatic ring is 1. The number of nitrogens with zero attached hydrogens (tertiary/aromatic N) is 2. The maximum absolute atomic E-state index is 6.26. The Morgan fingerprint density at radius 3 is 2.96 bits per heavy atom.